The molecule has 0 bridgehead atoms. The second-order valence-corrected chi connectivity index (χ2v) is 0. The number of hydrogen-bond donors (Lipinski definition) is 0. The summed E-state index contributed by atoms with van der Waals surface area (Å²) >= 11 is 0. The van der Waals surface area contributed by atoms with Crippen LogP contribution in [0, 0.1) is 0 Å². The van der Waals surface area contributed by atoms with Crippen molar-refractivity contribution in [3.05, 3.63) is 0 Å². The van der Waals surface area contributed by atoms with Gasteiger partial charge in [-0.2, -0.15) is 0 Å². The molecule has 5 heteroatoms. The molecule has 0 atom stereocenters. The first kappa shape index (κ1) is 41.3. The normalized spacial score (nSPS) is 0. The molecule has 0 rings (SSSR count). The fourth-order valence-electron chi connectivity index (χ4n) is 0. The third-order valence-corrected chi connectivity index (χ3v) is 0. The zero-order valence-electron chi connectivity index (χ0n) is 1.75. The predicted molar refractivity (Wildman–Crippen MR) is 9.92 cm³/mol. The zero-order chi connectivity index (χ0) is 0. The van der Waals surface area contributed by atoms with Gasteiger partial charge in [0.25, 0.3) is 0 Å². The van der Waals surface area contributed by atoms with E-state index < -0.39 is 0 Å². The molecule has 0 spiro atoms. The van der Waals surface area contributed by atoms with Gasteiger partial charge in [-0.1, -0.05) is 0 Å². The summed E-state index contributed by atoms with van der Waals surface area (Å²) in [5, 5.41) is 0. The molecule has 0 saturated carbocycles. The second kappa shape index (κ2) is 26.9. The summed E-state index contributed by atoms with van der Waals surface area (Å²) in [6.45, 7) is 0. The maximum absolute atomic E-state index is 0. The van der Waals surface area contributed by atoms with Crippen LogP contribution in [-0.4, -0.2) is 48.9 Å². The molecule has 5 heavy (non-hydrogen) atoms. The topological polar surface area (TPSA) is 57.0 Å². The van der Waals surface area contributed by atoms with Gasteiger partial charge >= 0.3 is 68.4 Å². The van der Waals surface area contributed by atoms with E-state index in [1.807, 2.05) is 0 Å². The predicted octanol–water partition coefficient (Wildman–Crippen LogP) is -1.16. The van der Waals surface area contributed by atoms with E-state index in [9.17, 15) is 0 Å². The van der Waals surface area contributed by atoms with Crippen LogP contribution in [0.3, 0.4) is 0 Å². The summed E-state index contributed by atoms with van der Waals surface area (Å²) in [5.41, 5.74) is 0. The average Bonchev–Trinajstić information content (AvgIpc) is 0. The molecular weight excluding hydrogens is 359 g/mol. The van der Waals surface area contributed by atoms with E-state index in [0.717, 1.165) is 0 Å². The van der Waals surface area contributed by atoms with Crippen molar-refractivity contribution in [1.29, 1.82) is 0 Å². The quantitative estimate of drug-likeness (QED) is 0.489. The van der Waals surface area contributed by atoms with E-state index >= 15 is 0 Å². The Morgan fingerprint density at radius 3 is 0.800 bits per heavy atom. The Hall–Kier alpha value is 3.22. The standard InChI is InChI=1S/Ba.2O.Ru.Y.2H/q;2*-2;+4;;;. The van der Waals surface area contributed by atoms with Crippen molar-refractivity contribution in [3.63, 3.8) is 0 Å². The van der Waals surface area contributed by atoms with Crippen molar-refractivity contribution >= 4 is 48.9 Å². The van der Waals surface area contributed by atoms with Crippen LogP contribution in [0.25, 0.3) is 0 Å². The average molecular weight is 361 g/mol. The zero-order valence-corrected chi connectivity index (χ0v) is 6.32. The number of rotatable bonds is 0. The first-order valence-electron chi connectivity index (χ1n) is 0. The van der Waals surface area contributed by atoms with Gasteiger partial charge in [0.1, 0.15) is 0 Å². The Morgan fingerprint density at radius 2 is 0.800 bits per heavy atom. The fourth-order valence-corrected chi connectivity index (χ4v) is 0. The summed E-state index contributed by atoms with van der Waals surface area (Å²) in [4.78, 5) is 0. The molecule has 0 heterocycles. The third-order valence-electron chi connectivity index (χ3n) is 0. The fraction of sp³-hybridized carbons (Fsp3) is 0. The maximum Gasteiger partial charge on any atom is 4.00 e. The van der Waals surface area contributed by atoms with Crippen molar-refractivity contribution < 1.29 is 63.1 Å². The van der Waals surface area contributed by atoms with E-state index in [2.05, 4.69) is 0 Å². The molecule has 0 amide bonds. The van der Waals surface area contributed by atoms with E-state index in [4.69, 9.17) is 0 Å². The Labute approximate surface area is 109 Å². The molecule has 1 radical (unpaired) electrons. The molecule has 0 aromatic rings. The van der Waals surface area contributed by atoms with Crippen molar-refractivity contribution in [2.75, 3.05) is 0 Å². The van der Waals surface area contributed by atoms with Gasteiger partial charge in [-0.25, -0.2) is 0 Å². The molecule has 27 valence electrons. The van der Waals surface area contributed by atoms with Gasteiger partial charge in [-0.05, 0) is 0 Å². The van der Waals surface area contributed by atoms with Crippen molar-refractivity contribution in [2.45, 2.75) is 0 Å². The Bertz CT molecular complexity index is 9.61. The van der Waals surface area contributed by atoms with Crippen LogP contribution in [0.2, 0.25) is 0 Å². The molecule has 0 aromatic heterocycles. The van der Waals surface area contributed by atoms with Crippen LogP contribution >= 0.6 is 0 Å². The number of hydrogen-bond acceptors (Lipinski definition) is 0. The summed E-state index contributed by atoms with van der Waals surface area (Å²) in [6, 6.07) is 0. The van der Waals surface area contributed by atoms with Gasteiger partial charge in [0, 0.05) is 32.7 Å². The van der Waals surface area contributed by atoms with E-state index in [1.165, 1.54) is 0 Å². The minimum Gasteiger partial charge on any atom is -2.00 e. The first-order valence-corrected chi connectivity index (χ1v) is 0. The van der Waals surface area contributed by atoms with E-state index in [1.54, 1.807) is 0 Å². The Kier molecular flexibility index (Phi) is 223. The molecule has 0 N–H and O–H groups in total. The second-order valence-electron chi connectivity index (χ2n) is 0. The third kappa shape index (κ3) is 19.0. The molecule has 0 aliphatic heterocycles. The van der Waals surface area contributed by atoms with Crippen molar-refractivity contribution in [2.24, 2.45) is 0 Å². The molecule has 0 aromatic carbocycles. The largest absolute Gasteiger partial charge is 4.00 e. The SMILES string of the molecule is [BaH2].[O-2].[O-2].[Ru+4].[Y]. The maximum atomic E-state index is 0. The van der Waals surface area contributed by atoms with Crippen LogP contribution in [0.5, 0.6) is 0 Å². The van der Waals surface area contributed by atoms with Gasteiger partial charge in [0.2, 0.25) is 0 Å². The van der Waals surface area contributed by atoms with Crippen LogP contribution in [0.1, 0.15) is 0 Å². The molecule has 0 saturated heterocycles. The molecule has 0 unspecified atom stereocenters. The molecule has 0 aliphatic carbocycles. The first-order chi connectivity index (χ1) is 0. The summed E-state index contributed by atoms with van der Waals surface area (Å²) in [5.74, 6) is 0. The van der Waals surface area contributed by atoms with Gasteiger partial charge in [-0.3, -0.25) is 0 Å². The van der Waals surface area contributed by atoms with Crippen LogP contribution < -0.4 is 0 Å². The minimum absolute atomic E-state index is 0. The van der Waals surface area contributed by atoms with Crippen LogP contribution in [0.15, 0.2) is 0 Å². The Balaban J connectivity index is 0. The van der Waals surface area contributed by atoms with Gasteiger partial charge < -0.3 is 11.0 Å². The van der Waals surface area contributed by atoms with Gasteiger partial charge in [0.15, 0.2) is 0 Å². The minimum atomic E-state index is 0. The van der Waals surface area contributed by atoms with Crippen molar-refractivity contribution in [1.82, 2.24) is 0 Å². The molecule has 2 nitrogen and oxygen atoms in total. The van der Waals surface area contributed by atoms with Crippen LogP contribution in [-0.2, 0) is 63.1 Å². The molecule has 0 fully saturated rings. The van der Waals surface area contributed by atoms with Crippen LogP contribution in [0.4, 0.5) is 0 Å². The van der Waals surface area contributed by atoms with Gasteiger partial charge in [0.05, 0.1) is 0 Å². The smallest absolute Gasteiger partial charge is 2.00 e. The summed E-state index contributed by atoms with van der Waals surface area (Å²) in [7, 11) is 0. The molecule has 0 aliphatic rings. The summed E-state index contributed by atoms with van der Waals surface area (Å²) < 4.78 is 0. The van der Waals surface area contributed by atoms with Gasteiger partial charge in [-0.15, -0.1) is 0 Å². The molecular formula is H2BaO2RuY. The van der Waals surface area contributed by atoms with E-state index in [0.29, 0.717) is 0 Å². The van der Waals surface area contributed by atoms with Crippen molar-refractivity contribution in [3.8, 4) is 0 Å². The Morgan fingerprint density at radius 1 is 0.800 bits per heavy atom. The summed E-state index contributed by atoms with van der Waals surface area (Å²) in [6.07, 6.45) is 0. The van der Waals surface area contributed by atoms with E-state index in [-0.39, 0.29) is 112 Å². The monoisotopic (exact) mass is 363 g/mol.